The first-order chi connectivity index (χ1) is 7.36. The van der Waals surface area contributed by atoms with Crippen LogP contribution in [-0.4, -0.2) is 18.5 Å². The number of carbonyl (C=O) groups excluding carboxylic acids is 1. The third-order valence-electron chi connectivity index (χ3n) is 2.67. The highest BCUT2D eigenvalue weighted by Crippen LogP contribution is 2.08. The van der Waals surface area contributed by atoms with Gasteiger partial charge in [0.15, 0.2) is 0 Å². The van der Waals surface area contributed by atoms with E-state index in [9.17, 15) is 4.79 Å². The number of rotatable bonds is 3. The van der Waals surface area contributed by atoms with E-state index < -0.39 is 0 Å². The van der Waals surface area contributed by atoms with E-state index in [0.717, 1.165) is 19.4 Å². The average Bonchev–Trinajstić information content (AvgIpc) is 2.80. The largest absolute Gasteiger partial charge is 1.00 e. The predicted octanol–water partition coefficient (Wildman–Crippen LogP) is -1.49. The lowest BCUT2D eigenvalue weighted by atomic mass is 10.0. The Morgan fingerprint density at radius 3 is 3.06 bits per heavy atom. The monoisotopic (exact) mass is 259 g/mol. The molecule has 0 spiro atoms. The van der Waals surface area contributed by atoms with Crippen LogP contribution in [0, 0.1) is 0 Å². The summed E-state index contributed by atoms with van der Waals surface area (Å²) < 4.78 is 0. The van der Waals surface area contributed by atoms with Crippen molar-refractivity contribution < 1.29 is 17.2 Å². The number of amides is 1. The number of thiophene rings is 1. The maximum absolute atomic E-state index is 11.7. The summed E-state index contributed by atoms with van der Waals surface area (Å²) in [5.74, 6) is 0.140. The molecule has 16 heavy (non-hydrogen) atoms. The van der Waals surface area contributed by atoms with Crippen LogP contribution in [0.5, 0.6) is 0 Å². The lowest BCUT2D eigenvalue weighted by Gasteiger charge is -2.22. The van der Waals surface area contributed by atoms with E-state index in [4.69, 9.17) is 0 Å². The molecule has 1 atom stereocenters. The number of halogens is 1. The highest BCUT2D eigenvalue weighted by molar-refractivity contribution is 7.07. The standard InChI is InChI=1S/C11H16N2OS.ClH/c14-11(10-3-1-2-5-12-10)13-7-9-4-6-15-8-9;/h4,6,8,10,12H,1-3,5,7H2,(H,13,14);1H/p-1. The first-order valence-electron chi connectivity index (χ1n) is 5.38. The number of hydrogen-bond acceptors (Lipinski definition) is 3. The maximum atomic E-state index is 11.7. The Kier molecular flexibility index (Phi) is 5.80. The second-order valence-corrected chi connectivity index (χ2v) is 4.63. The molecule has 0 bridgehead atoms. The van der Waals surface area contributed by atoms with Gasteiger partial charge in [-0.05, 0) is 41.8 Å². The van der Waals surface area contributed by atoms with Crippen LogP contribution in [-0.2, 0) is 11.3 Å². The van der Waals surface area contributed by atoms with Crippen LogP contribution in [0.3, 0.4) is 0 Å². The first kappa shape index (κ1) is 13.5. The van der Waals surface area contributed by atoms with E-state index in [1.807, 2.05) is 11.4 Å². The van der Waals surface area contributed by atoms with Gasteiger partial charge in [-0.3, -0.25) is 4.79 Å². The summed E-state index contributed by atoms with van der Waals surface area (Å²) in [6.07, 6.45) is 3.31. The fraction of sp³-hybridized carbons (Fsp3) is 0.545. The van der Waals surface area contributed by atoms with Gasteiger partial charge >= 0.3 is 0 Å². The van der Waals surface area contributed by atoms with Crippen LogP contribution in [0.4, 0.5) is 0 Å². The van der Waals surface area contributed by atoms with Gasteiger partial charge in [-0.25, -0.2) is 0 Å². The van der Waals surface area contributed by atoms with E-state index in [0.29, 0.717) is 6.54 Å². The fourth-order valence-electron chi connectivity index (χ4n) is 1.78. The van der Waals surface area contributed by atoms with Gasteiger partial charge in [0.25, 0.3) is 0 Å². The van der Waals surface area contributed by atoms with Crippen LogP contribution in [0.25, 0.3) is 0 Å². The minimum absolute atomic E-state index is 0. The van der Waals surface area contributed by atoms with Gasteiger partial charge in [0.2, 0.25) is 5.91 Å². The van der Waals surface area contributed by atoms with Crippen molar-refractivity contribution in [1.29, 1.82) is 0 Å². The van der Waals surface area contributed by atoms with Crippen molar-refractivity contribution in [3.8, 4) is 0 Å². The summed E-state index contributed by atoms with van der Waals surface area (Å²) in [6, 6.07) is 2.07. The summed E-state index contributed by atoms with van der Waals surface area (Å²) in [6.45, 7) is 1.62. The molecule has 90 valence electrons. The van der Waals surface area contributed by atoms with Gasteiger partial charge in [0.1, 0.15) is 0 Å². The molecule has 1 aliphatic heterocycles. The van der Waals surface area contributed by atoms with Crippen LogP contribution in [0.1, 0.15) is 24.8 Å². The Bertz CT molecular complexity index is 310. The number of hydrogen-bond donors (Lipinski definition) is 2. The topological polar surface area (TPSA) is 41.1 Å². The Morgan fingerprint density at radius 1 is 1.56 bits per heavy atom. The molecule has 1 saturated heterocycles. The minimum Gasteiger partial charge on any atom is -1.00 e. The first-order valence-corrected chi connectivity index (χ1v) is 6.33. The van der Waals surface area contributed by atoms with E-state index in [2.05, 4.69) is 16.0 Å². The number of nitrogens with one attached hydrogen (secondary N) is 2. The van der Waals surface area contributed by atoms with Crippen molar-refractivity contribution in [2.75, 3.05) is 6.54 Å². The number of piperidine rings is 1. The highest BCUT2D eigenvalue weighted by atomic mass is 35.5. The second kappa shape index (κ2) is 6.89. The van der Waals surface area contributed by atoms with Crippen molar-refractivity contribution in [3.05, 3.63) is 22.4 Å². The summed E-state index contributed by atoms with van der Waals surface area (Å²) >= 11 is 1.66. The Balaban J connectivity index is 0.00000128. The summed E-state index contributed by atoms with van der Waals surface area (Å²) in [4.78, 5) is 11.7. The van der Waals surface area contributed by atoms with Crippen molar-refractivity contribution in [2.24, 2.45) is 0 Å². The molecule has 5 heteroatoms. The van der Waals surface area contributed by atoms with Crippen LogP contribution in [0.2, 0.25) is 0 Å². The fourth-order valence-corrected chi connectivity index (χ4v) is 2.45. The smallest absolute Gasteiger partial charge is 0.237 e. The molecule has 1 unspecified atom stereocenters. The quantitative estimate of drug-likeness (QED) is 0.695. The van der Waals surface area contributed by atoms with Gasteiger partial charge in [0.05, 0.1) is 6.04 Å². The van der Waals surface area contributed by atoms with E-state index >= 15 is 0 Å². The zero-order valence-corrected chi connectivity index (χ0v) is 10.6. The Labute approximate surface area is 106 Å². The number of carbonyl (C=O) groups is 1. The molecular formula is C11H16ClN2OS-. The molecule has 0 aliphatic carbocycles. The molecule has 2 heterocycles. The lowest BCUT2D eigenvalue weighted by Crippen LogP contribution is -3.00. The van der Waals surface area contributed by atoms with Crippen molar-refractivity contribution in [3.63, 3.8) is 0 Å². The molecular weight excluding hydrogens is 244 g/mol. The highest BCUT2D eigenvalue weighted by Gasteiger charge is 2.19. The lowest BCUT2D eigenvalue weighted by molar-refractivity contribution is -0.123. The molecule has 1 aromatic rings. The molecule has 0 aromatic carbocycles. The van der Waals surface area contributed by atoms with Gasteiger partial charge in [-0.2, -0.15) is 11.3 Å². The zero-order chi connectivity index (χ0) is 10.5. The molecule has 2 rings (SSSR count). The third-order valence-corrected chi connectivity index (χ3v) is 3.41. The third kappa shape index (κ3) is 3.77. The summed E-state index contributed by atoms with van der Waals surface area (Å²) in [5.41, 5.74) is 1.18. The second-order valence-electron chi connectivity index (χ2n) is 3.85. The summed E-state index contributed by atoms with van der Waals surface area (Å²) in [5, 5.41) is 10.3. The van der Waals surface area contributed by atoms with Gasteiger partial charge in [-0.1, -0.05) is 6.42 Å². The molecule has 1 fully saturated rings. The normalized spacial score (nSPS) is 19.9. The van der Waals surface area contributed by atoms with E-state index in [1.54, 1.807) is 11.3 Å². The molecule has 3 nitrogen and oxygen atoms in total. The molecule has 1 amide bonds. The predicted molar refractivity (Wildman–Crippen MR) is 61.8 cm³/mol. The molecule has 1 aromatic heterocycles. The maximum Gasteiger partial charge on any atom is 0.237 e. The van der Waals surface area contributed by atoms with Gasteiger partial charge < -0.3 is 23.0 Å². The molecule has 1 aliphatic rings. The average molecular weight is 260 g/mol. The molecule has 0 saturated carbocycles. The van der Waals surface area contributed by atoms with Crippen LogP contribution >= 0.6 is 11.3 Å². The van der Waals surface area contributed by atoms with Crippen molar-refractivity contribution in [1.82, 2.24) is 10.6 Å². The Morgan fingerprint density at radius 2 is 2.44 bits per heavy atom. The zero-order valence-electron chi connectivity index (χ0n) is 9.04. The molecule has 0 radical (unpaired) electrons. The van der Waals surface area contributed by atoms with Crippen molar-refractivity contribution >= 4 is 17.2 Å². The molecule has 2 N–H and O–H groups in total. The van der Waals surface area contributed by atoms with Crippen molar-refractivity contribution in [2.45, 2.75) is 31.8 Å². The van der Waals surface area contributed by atoms with E-state index in [-0.39, 0.29) is 24.4 Å². The Hall–Kier alpha value is -0.580. The van der Waals surface area contributed by atoms with Gasteiger partial charge in [0, 0.05) is 6.54 Å². The van der Waals surface area contributed by atoms with Gasteiger partial charge in [-0.15, -0.1) is 0 Å². The van der Waals surface area contributed by atoms with Crippen LogP contribution < -0.4 is 23.0 Å². The minimum atomic E-state index is 0. The SMILES string of the molecule is O=C(NCc1ccsc1)C1CCCCN1.[Cl-]. The summed E-state index contributed by atoms with van der Waals surface area (Å²) in [7, 11) is 0. The van der Waals surface area contributed by atoms with E-state index in [1.165, 1.54) is 12.0 Å². The van der Waals surface area contributed by atoms with Crippen LogP contribution in [0.15, 0.2) is 16.8 Å².